The Morgan fingerprint density at radius 2 is 2.08 bits per heavy atom. The van der Waals surface area contributed by atoms with Gasteiger partial charge in [-0.05, 0) is 5.56 Å². The molecule has 3 heterocycles. The van der Waals surface area contributed by atoms with Crippen LogP contribution in [0.25, 0.3) is 21.3 Å². The second kappa shape index (κ2) is 7.63. The number of anilines is 1. The number of fused-ring (bicyclic) bond motifs is 1. The lowest BCUT2D eigenvalue weighted by Gasteiger charge is -2.11. The summed E-state index contributed by atoms with van der Waals surface area (Å²) in [5, 5.41) is 6.68. The van der Waals surface area contributed by atoms with Gasteiger partial charge in [0.05, 0.1) is 11.7 Å². The molecule has 0 aliphatic heterocycles. The lowest BCUT2D eigenvalue weighted by atomic mass is 10.1. The average Bonchev–Trinajstić information content (AvgIpc) is 3.32. The molecule has 0 fully saturated rings. The number of hydrogen-bond donors (Lipinski definition) is 1. The van der Waals surface area contributed by atoms with Crippen LogP contribution in [-0.2, 0) is 17.9 Å². The van der Waals surface area contributed by atoms with Crippen LogP contribution in [-0.4, -0.2) is 33.2 Å². The molecule has 7 heteroatoms. The van der Waals surface area contributed by atoms with E-state index < -0.39 is 0 Å². The summed E-state index contributed by atoms with van der Waals surface area (Å²) in [5.41, 5.74) is 2.32. The smallest absolute Gasteiger partial charge is 0.158 e. The van der Waals surface area contributed by atoms with Gasteiger partial charge in [-0.3, -0.25) is 0 Å². The van der Waals surface area contributed by atoms with Crippen LogP contribution in [0.4, 0.5) is 5.82 Å². The highest BCUT2D eigenvalue weighted by atomic mass is 32.1. The van der Waals surface area contributed by atoms with Crippen molar-refractivity contribution in [2.75, 3.05) is 19.0 Å². The minimum absolute atomic E-state index is 0.394. The Balaban J connectivity index is 1.70. The summed E-state index contributed by atoms with van der Waals surface area (Å²) in [6.07, 6.45) is 5.55. The minimum Gasteiger partial charge on any atom is -0.377 e. The number of imidazole rings is 1. The van der Waals surface area contributed by atoms with E-state index in [2.05, 4.69) is 32.8 Å². The molecule has 6 nitrogen and oxygen atoms in total. The van der Waals surface area contributed by atoms with Crippen molar-refractivity contribution < 1.29 is 4.74 Å². The fourth-order valence-electron chi connectivity index (χ4n) is 2.86. The Bertz CT molecular complexity index is 982. The standard InChI is InChI=1S/C19H19N5OS/c1-25-11-16-22-18(21-8-10-24-9-7-20-13-24)17-15(12-26-19(17)23-16)14-5-3-2-4-6-14/h2-7,9,12-13H,8,10-11H2,1H3,(H,21,22,23). The summed E-state index contributed by atoms with van der Waals surface area (Å²) < 4.78 is 7.26. The first kappa shape index (κ1) is 16.7. The lowest BCUT2D eigenvalue weighted by Crippen LogP contribution is -2.12. The van der Waals surface area contributed by atoms with Crippen molar-refractivity contribution in [2.24, 2.45) is 0 Å². The number of nitrogens with zero attached hydrogens (tertiary/aromatic N) is 4. The molecule has 0 unspecified atom stereocenters. The van der Waals surface area contributed by atoms with Gasteiger partial charge < -0.3 is 14.6 Å². The van der Waals surface area contributed by atoms with E-state index >= 15 is 0 Å². The second-order valence-corrected chi connectivity index (χ2v) is 6.70. The van der Waals surface area contributed by atoms with E-state index in [1.807, 2.05) is 35.3 Å². The molecule has 1 N–H and O–H groups in total. The molecule has 1 aromatic carbocycles. The maximum Gasteiger partial charge on any atom is 0.158 e. The fourth-order valence-corrected chi connectivity index (χ4v) is 3.83. The molecule has 0 atom stereocenters. The fraction of sp³-hybridized carbons (Fsp3) is 0.211. The number of rotatable bonds is 7. The van der Waals surface area contributed by atoms with Crippen LogP contribution in [0.15, 0.2) is 54.4 Å². The Kier molecular flexibility index (Phi) is 4.90. The van der Waals surface area contributed by atoms with Gasteiger partial charge in [0.2, 0.25) is 0 Å². The Hall–Kier alpha value is -2.77. The maximum atomic E-state index is 5.23. The maximum absolute atomic E-state index is 5.23. The Morgan fingerprint density at radius 1 is 1.19 bits per heavy atom. The molecule has 4 rings (SSSR count). The number of aromatic nitrogens is 4. The van der Waals surface area contributed by atoms with Gasteiger partial charge in [0.1, 0.15) is 17.3 Å². The van der Waals surface area contributed by atoms with Crippen LogP contribution in [0.2, 0.25) is 0 Å². The zero-order chi connectivity index (χ0) is 17.8. The normalized spacial score (nSPS) is 11.1. The van der Waals surface area contributed by atoms with E-state index in [0.29, 0.717) is 12.4 Å². The molecular weight excluding hydrogens is 346 g/mol. The molecule has 4 aromatic rings. The van der Waals surface area contributed by atoms with Crippen LogP contribution < -0.4 is 5.32 Å². The van der Waals surface area contributed by atoms with Gasteiger partial charge in [-0.15, -0.1) is 11.3 Å². The third-order valence-corrected chi connectivity index (χ3v) is 4.93. The van der Waals surface area contributed by atoms with Gasteiger partial charge in [-0.1, -0.05) is 30.3 Å². The van der Waals surface area contributed by atoms with Crippen molar-refractivity contribution in [3.63, 3.8) is 0 Å². The molecule has 0 aliphatic rings. The van der Waals surface area contributed by atoms with Crippen LogP contribution in [0.1, 0.15) is 5.82 Å². The first-order valence-corrected chi connectivity index (χ1v) is 9.25. The highest BCUT2D eigenvalue weighted by Gasteiger charge is 2.15. The third-order valence-electron chi connectivity index (χ3n) is 4.06. The predicted molar refractivity (Wildman–Crippen MR) is 104 cm³/mol. The number of methoxy groups -OCH3 is 1. The monoisotopic (exact) mass is 365 g/mol. The molecular formula is C19H19N5OS. The number of benzene rings is 1. The number of ether oxygens (including phenoxy) is 1. The topological polar surface area (TPSA) is 64.9 Å². The Labute approximate surface area is 155 Å². The summed E-state index contributed by atoms with van der Waals surface area (Å²) >= 11 is 1.63. The molecule has 26 heavy (non-hydrogen) atoms. The second-order valence-electron chi connectivity index (χ2n) is 5.84. The summed E-state index contributed by atoms with van der Waals surface area (Å²) in [6, 6.07) is 10.3. The Morgan fingerprint density at radius 3 is 2.85 bits per heavy atom. The molecule has 0 amide bonds. The van der Waals surface area contributed by atoms with Crippen LogP contribution in [0.3, 0.4) is 0 Å². The highest BCUT2D eigenvalue weighted by molar-refractivity contribution is 7.17. The highest BCUT2D eigenvalue weighted by Crippen LogP contribution is 2.36. The van der Waals surface area contributed by atoms with Crippen molar-refractivity contribution in [1.82, 2.24) is 19.5 Å². The van der Waals surface area contributed by atoms with Gasteiger partial charge in [-0.2, -0.15) is 0 Å². The van der Waals surface area contributed by atoms with Crippen molar-refractivity contribution in [2.45, 2.75) is 13.2 Å². The van der Waals surface area contributed by atoms with E-state index in [1.54, 1.807) is 24.6 Å². The number of nitrogens with one attached hydrogen (secondary N) is 1. The quantitative estimate of drug-likeness (QED) is 0.539. The first-order valence-electron chi connectivity index (χ1n) is 8.37. The van der Waals surface area contributed by atoms with Crippen LogP contribution >= 0.6 is 11.3 Å². The first-order chi connectivity index (χ1) is 12.8. The summed E-state index contributed by atoms with van der Waals surface area (Å²) in [5.74, 6) is 1.54. The van der Waals surface area contributed by atoms with Crippen molar-refractivity contribution in [3.05, 3.63) is 60.3 Å². The molecule has 0 aliphatic carbocycles. The van der Waals surface area contributed by atoms with Gasteiger partial charge >= 0.3 is 0 Å². The van der Waals surface area contributed by atoms with E-state index in [0.717, 1.165) is 34.7 Å². The molecule has 0 saturated heterocycles. The molecule has 0 spiro atoms. The van der Waals surface area contributed by atoms with Crippen LogP contribution in [0, 0.1) is 0 Å². The van der Waals surface area contributed by atoms with Crippen molar-refractivity contribution >= 4 is 27.4 Å². The summed E-state index contributed by atoms with van der Waals surface area (Å²) in [6.45, 7) is 1.96. The van der Waals surface area contributed by atoms with E-state index in [9.17, 15) is 0 Å². The average molecular weight is 365 g/mol. The largest absolute Gasteiger partial charge is 0.377 e. The minimum atomic E-state index is 0.394. The zero-order valence-electron chi connectivity index (χ0n) is 14.4. The molecule has 3 aromatic heterocycles. The number of thiophene rings is 1. The van der Waals surface area contributed by atoms with E-state index in [-0.39, 0.29) is 0 Å². The molecule has 0 radical (unpaired) electrons. The van der Waals surface area contributed by atoms with Crippen LogP contribution in [0.5, 0.6) is 0 Å². The van der Waals surface area contributed by atoms with Gasteiger partial charge in [0.15, 0.2) is 5.82 Å². The van der Waals surface area contributed by atoms with Gasteiger partial charge in [0, 0.05) is 43.5 Å². The summed E-state index contributed by atoms with van der Waals surface area (Å²) in [7, 11) is 1.66. The summed E-state index contributed by atoms with van der Waals surface area (Å²) in [4.78, 5) is 14.4. The van der Waals surface area contributed by atoms with Crippen molar-refractivity contribution in [3.8, 4) is 11.1 Å². The lowest BCUT2D eigenvalue weighted by molar-refractivity contribution is 0.178. The van der Waals surface area contributed by atoms with E-state index in [1.165, 1.54) is 5.56 Å². The van der Waals surface area contributed by atoms with Gasteiger partial charge in [0.25, 0.3) is 0 Å². The van der Waals surface area contributed by atoms with Crippen molar-refractivity contribution in [1.29, 1.82) is 0 Å². The van der Waals surface area contributed by atoms with Gasteiger partial charge in [-0.25, -0.2) is 15.0 Å². The zero-order valence-corrected chi connectivity index (χ0v) is 15.2. The third kappa shape index (κ3) is 3.44. The molecule has 0 saturated carbocycles. The SMILES string of the molecule is COCc1nc(NCCn2ccnc2)c2c(-c3ccccc3)csc2n1. The number of hydrogen-bond acceptors (Lipinski definition) is 6. The van der Waals surface area contributed by atoms with E-state index in [4.69, 9.17) is 9.72 Å². The predicted octanol–water partition coefficient (Wildman–Crippen LogP) is 3.81. The molecule has 132 valence electrons. The molecule has 0 bridgehead atoms.